The SMILES string of the molecule is c1ccc(-n2c3ccccc3c3cc4occc4cc32)cc1. The third kappa shape index (κ3) is 1.49. The van der Waals surface area contributed by atoms with Crippen LogP contribution in [0.4, 0.5) is 0 Å². The number of para-hydroxylation sites is 2. The summed E-state index contributed by atoms with van der Waals surface area (Å²) in [5.74, 6) is 0. The Kier molecular flexibility index (Phi) is 2.25. The first-order valence-electron chi connectivity index (χ1n) is 7.38. The van der Waals surface area contributed by atoms with Crippen molar-refractivity contribution < 1.29 is 4.42 Å². The van der Waals surface area contributed by atoms with Crippen LogP contribution in [0.5, 0.6) is 0 Å². The van der Waals surface area contributed by atoms with E-state index < -0.39 is 0 Å². The molecule has 0 saturated carbocycles. The first kappa shape index (κ1) is 11.6. The Morgan fingerprint density at radius 2 is 1.50 bits per heavy atom. The van der Waals surface area contributed by atoms with Crippen LogP contribution in [-0.2, 0) is 0 Å². The molecule has 2 heterocycles. The molecular weight excluding hydrogens is 270 g/mol. The van der Waals surface area contributed by atoms with Gasteiger partial charge in [-0.2, -0.15) is 0 Å². The van der Waals surface area contributed by atoms with Crippen molar-refractivity contribution in [1.29, 1.82) is 0 Å². The Hall–Kier alpha value is -3.00. The third-order valence-corrected chi connectivity index (χ3v) is 4.26. The van der Waals surface area contributed by atoms with Crippen LogP contribution in [-0.4, -0.2) is 4.57 Å². The molecule has 2 aromatic heterocycles. The highest BCUT2D eigenvalue weighted by molar-refractivity contribution is 6.12. The highest BCUT2D eigenvalue weighted by Crippen LogP contribution is 2.34. The molecule has 0 aliphatic carbocycles. The van der Waals surface area contributed by atoms with Crippen LogP contribution in [0.25, 0.3) is 38.5 Å². The Morgan fingerprint density at radius 3 is 2.41 bits per heavy atom. The molecule has 0 N–H and O–H groups in total. The molecule has 5 rings (SSSR count). The molecule has 0 radical (unpaired) electrons. The van der Waals surface area contributed by atoms with Crippen LogP contribution >= 0.6 is 0 Å². The van der Waals surface area contributed by atoms with Crippen molar-refractivity contribution in [3.05, 3.63) is 79.1 Å². The number of hydrogen-bond acceptors (Lipinski definition) is 1. The summed E-state index contributed by atoms with van der Waals surface area (Å²) in [7, 11) is 0. The lowest BCUT2D eigenvalue weighted by Crippen LogP contribution is -1.92. The maximum Gasteiger partial charge on any atom is 0.134 e. The molecule has 3 aromatic carbocycles. The predicted molar refractivity (Wildman–Crippen MR) is 90.6 cm³/mol. The molecule has 2 heteroatoms. The third-order valence-electron chi connectivity index (χ3n) is 4.26. The summed E-state index contributed by atoms with van der Waals surface area (Å²) >= 11 is 0. The summed E-state index contributed by atoms with van der Waals surface area (Å²) in [5.41, 5.74) is 4.54. The van der Waals surface area contributed by atoms with E-state index in [2.05, 4.69) is 65.2 Å². The lowest BCUT2D eigenvalue weighted by atomic mass is 10.1. The van der Waals surface area contributed by atoms with E-state index in [-0.39, 0.29) is 0 Å². The monoisotopic (exact) mass is 283 g/mol. The fraction of sp³-hybridized carbons (Fsp3) is 0. The van der Waals surface area contributed by atoms with E-state index in [4.69, 9.17) is 4.42 Å². The van der Waals surface area contributed by atoms with Gasteiger partial charge in [-0.05, 0) is 36.4 Å². The second-order valence-electron chi connectivity index (χ2n) is 5.52. The first-order chi connectivity index (χ1) is 10.9. The summed E-state index contributed by atoms with van der Waals surface area (Å²) in [6.45, 7) is 0. The Balaban J connectivity index is 2.04. The molecule has 0 unspecified atom stereocenters. The molecule has 0 bridgehead atoms. The van der Waals surface area contributed by atoms with E-state index in [1.165, 1.54) is 27.5 Å². The number of hydrogen-bond donors (Lipinski definition) is 0. The van der Waals surface area contributed by atoms with Gasteiger partial charge in [-0.1, -0.05) is 36.4 Å². The second kappa shape index (κ2) is 4.25. The van der Waals surface area contributed by atoms with Crippen LogP contribution in [0.1, 0.15) is 0 Å². The van der Waals surface area contributed by atoms with E-state index in [1.54, 1.807) is 6.26 Å². The molecule has 0 aliphatic rings. The summed E-state index contributed by atoms with van der Waals surface area (Å²) in [6, 6.07) is 25.4. The highest BCUT2D eigenvalue weighted by Gasteiger charge is 2.13. The maximum absolute atomic E-state index is 5.58. The average molecular weight is 283 g/mol. The van der Waals surface area contributed by atoms with Crippen LogP contribution in [0.2, 0.25) is 0 Å². The quantitative estimate of drug-likeness (QED) is 0.395. The molecule has 22 heavy (non-hydrogen) atoms. The number of nitrogens with zero attached hydrogens (tertiary/aromatic N) is 1. The molecule has 0 fully saturated rings. The van der Waals surface area contributed by atoms with E-state index in [1.807, 2.05) is 12.1 Å². The van der Waals surface area contributed by atoms with Crippen LogP contribution < -0.4 is 0 Å². The van der Waals surface area contributed by atoms with Gasteiger partial charge in [-0.15, -0.1) is 0 Å². The van der Waals surface area contributed by atoms with Gasteiger partial charge in [-0.25, -0.2) is 0 Å². The Labute approximate surface area is 127 Å². The number of benzene rings is 3. The van der Waals surface area contributed by atoms with Gasteiger partial charge < -0.3 is 8.98 Å². The minimum absolute atomic E-state index is 0.934. The number of furan rings is 1. The zero-order valence-electron chi connectivity index (χ0n) is 11.9. The van der Waals surface area contributed by atoms with Gasteiger partial charge in [0.15, 0.2) is 0 Å². The van der Waals surface area contributed by atoms with E-state index in [9.17, 15) is 0 Å². The van der Waals surface area contributed by atoms with Gasteiger partial charge in [0.25, 0.3) is 0 Å². The van der Waals surface area contributed by atoms with E-state index in [0.717, 1.165) is 11.0 Å². The lowest BCUT2D eigenvalue weighted by Gasteiger charge is -2.07. The normalized spacial score (nSPS) is 11.6. The Morgan fingerprint density at radius 1 is 0.682 bits per heavy atom. The van der Waals surface area contributed by atoms with Crippen molar-refractivity contribution in [2.75, 3.05) is 0 Å². The van der Waals surface area contributed by atoms with Crippen molar-refractivity contribution in [3.8, 4) is 5.69 Å². The van der Waals surface area contributed by atoms with Gasteiger partial charge in [0, 0.05) is 21.8 Å². The molecular formula is C20H13NO. The number of aromatic nitrogens is 1. The van der Waals surface area contributed by atoms with Crippen LogP contribution in [0.3, 0.4) is 0 Å². The van der Waals surface area contributed by atoms with Crippen molar-refractivity contribution in [3.63, 3.8) is 0 Å². The summed E-state index contributed by atoms with van der Waals surface area (Å²) in [6.07, 6.45) is 1.75. The predicted octanol–water partition coefficient (Wildman–Crippen LogP) is 5.53. The zero-order chi connectivity index (χ0) is 14.5. The summed E-state index contributed by atoms with van der Waals surface area (Å²) < 4.78 is 7.90. The molecule has 5 aromatic rings. The molecule has 0 aliphatic heterocycles. The molecule has 0 saturated heterocycles. The minimum atomic E-state index is 0.934. The lowest BCUT2D eigenvalue weighted by molar-refractivity contribution is 0.616. The Bertz CT molecular complexity index is 1120. The molecule has 0 atom stereocenters. The zero-order valence-corrected chi connectivity index (χ0v) is 11.9. The summed E-state index contributed by atoms with van der Waals surface area (Å²) in [5, 5.41) is 3.61. The number of rotatable bonds is 1. The van der Waals surface area contributed by atoms with Gasteiger partial charge in [0.05, 0.1) is 17.3 Å². The fourth-order valence-corrected chi connectivity index (χ4v) is 3.28. The van der Waals surface area contributed by atoms with Crippen molar-refractivity contribution in [2.45, 2.75) is 0 Å². The van der Waals surface area contributed by atoms with Crippen molar-refractivity contribution in [2.24, 2.45) is 0 Å². The minimum Gasteiger partial charge on any atom is -0.464 e. The first-order valence-corrected chi connectivity index (χ1v) is 7.38. The molecule has 0 amide bonds. The van der Waals surface area contributed by atoms with Crippen LogP contribution in [0.15, 0.2) is 83.5 Å². The number of fused-ring (bicyclic) bond motifs is 4. The maximum atomic E-state index is 5.58. The van der Waals surface area contributed by atoms with Gasteiger partial charge in [-0.3, -0.25) is 0 Å². The standard InChI is InChI=1S/C20H13NO/c1-2-6-15(7-3-1)21-18-9-5-4-8-16(18)17-13-20-14(10-11-22-20)12-19(17)21/h1-13H. The topological polar surface area (TPSA) is 18.1 Å². The van der Waals surface area contributed by atoms with Crippen molar-refractivity contribution >= 4 is 32.8 Å². The molecule has 104 valence electrons. The van der Waals surface area contributed by atoms with Crippen molar-refractivity contribution in [1.82, 2.24) is 4.57 Å². The smallest absolute Gasteiger partial charge is 0.134 e. The second-order valence-corrected chi connectivity index (χ2v) is 5.52. The molecule has 0 spiro atoms. The summed E-state index contributed by atoms with van der Waals surface area (Å²) in [4.78, 5) is 0. The van der Waals surface area contributed by atoms with Gasteiger partial charge in [0.2, 0.25) is 0 Å². The van der Waals surface area contributed by atoms with E-state index >= 15 is 0 Å². The van der Waals surface area contributed by atoms with E-state index in [0.29, 0.717) is 0 Å². The van der Waals surface area contributed by atoms with Gasteiger partial charge >= 0.3 is 0 Å². The largest absolute Gasteiger partial charge is 0.464 e. The fourth-order valence-electron chi connectivity index (χ4n) is 3.28. The molecule has 2 nitrogen and oxygen atoms in total. The van der Waals surface area contributed by atoms with Crippen LogP contribution in [0, 0.1) is 0 Å². The van der Waals surface area contributed by atoms with Gasteiger partial charge in [0.1, 0.15) is 5.58 Å². The highest BCUT2D eigenvalue weighted by atomic mass is 16.3. The average Bonchev–Trinajstić information content (AvgIpc) is 3.15.